The highest BCUT2D eigenvalue weighted by atomic mass is 35.5. The lowest BCUT2D eigenvalue weighted by Crippen LogP contribution is -2.20. The third-order valence-electron chi connectivity index (χ3n) is 4.94. The number of fused-ring (bicyclic) bond motifs is 4. The number of nitrogens with zero attached hydrogens (tertiary/aromatic N) is 2. The first-order valence-electron chi connectivity index (χ1n) is 8.38. The molecule has 0 bridgehead atoms. The zero-order valence-corrected chi connectivity index (χ0v) is 14.7. The molecule has 0 N–H and O–H groups in total. The molecule has 0 unspecified atom stereocenters. The van der Waals surface area contributed by atoms with Gasteiger partial charge in [0.2, 0.25) is 5.43 Å². The smallest absolute Gasteiger partial charge is 0.268 e. The summed E-state index contributed by atoms with van der Waals surface area (Å²) in [6.07, 6.45) is 1.63. The second kappa shape index (κ2) is 5.66. The highest BCUT2D eigenvalue weighted by molar-refractivity contribution is 6.31. The van der Waals surface area contributed by atoms with Crippen LogP contribution >= 0.6 is 11.6 Å². The Balaban J connectivity index is 1.92. The summed E-state index contributed by atoms with van der Waals surface area (Å²) in [6.45, 7) is 0.171. The van der Waals surface area contributed by atoms with Crippen LogP contribution in [0.5, 0.6) is 0 Å². The number of rotatable bonds is 2. The molecule has 0 spiro atoms. The molecule has 3 heterocycles. The van der Waals surface area contributed by atoms with Crippen molar-refractivity contribution in [1.82, 2.24) is 9.13 Å². The van der Waals surface area contributed by atoms with Gasteiger partial charge in [-0.2, -0.15) is 0 Å². The average molecular weight is 379 g/mol. The molecule has 0 aliphatic carbocycles. The maximum absolute atomic E-state index is 14.3. The van der Waals surface area contributed by atoms with Crippen molar-refractivity contribution in [3.8, 4) is 11.4 Å². The highest BCUT2D eigenvalue weighted by Gasteiger charge is 2.33. The summed E-state index contributed by atoms with van der Waals surface area (Å²) in [7, 11) is 0. The highest BCUT2D eigenvalue weighted by Crippen LogP contribution is 2.34. The van der Waals surface area contributed by atoms with Gasteiger partial charge < -0.3 is 4.57 Å². The van der Waals surface area contributed by atoms with Crippen LogP contribution in [-0.4, -0.2) is 15.0 Å². The van der Waals surface area contributed by atoms with E-state index in [9.17, 15) is 14.0 Å². The molecule has 6 heteroatoms. The first kappa shape index (κ1) is 16.0. The van der Waals surface area contributed by atoms with Crippen molar-refractivity contribution in [3.63, 3.8) is 0 Å². The molecule has 0 amide bonds. The Morgan fingerprint density at radius 2 is 1.81 bits per heavy atom. The molecule has 0 saturated heterocycles. The summed E-state index contributed by atoms with van der Waals surface area (Å²) < 4.78 is 17.6. The van der Waals surface area contributed by atoms with Gasteiger partial charge in [-0.3, -0.25) is 14.2 Å². The molecule has 4 aromatic rings. The van der Waals surface area contributed by atoms with E-state index >= 15 is 0 Å². The van der Waals surface area contributed by atoms with E-state index < -0.39 is 0 Å². The van der Waals surface area contributed by atoms with E-state index in [4.69, 9.17) is 11.6 Å². The molecular weight excluding hydrogens is 367 g/mol. The summed E-state index contributed by atoms with van der Waals surface area (Å²) in [5.74, 6) is -0.714. The van der Waals surface area contributed by atoms with E-state index in [-0.39, 0.29) is 29.3 Å². The summed E-state index contributed by atoms with van der Waals surface area (Å²) in [6, 6.07) is 14.9. The maximum Gasteiger partial charge on any atom is 0.268 e. The maximum atomic E-state index is 14.3. The van der Waals surface area contributed by atoms with Crippen molar-refractivity contribution < 1.29 is 9.18 Å². The monoisotopic (exact) mass is 378 g/mol. The van der Waals surface area contributed by atoms with E-state index in [0.29, 0.717) is 32.9 Å². The summed E-state index contributed by atoms with van der Waals surface area (Å²) in [4.78, 5) is 25.8. The first-order chi connectivity index (χ1) is 13.1. The fourth-order valence-electron chi connectivity index (χ4n) is 3.72. The minimum absolute atomic E-state index is 0.108. The molecular formula is C21H12ClFN2O2. The van der Waals surface area contributed by atoms with Gasteiger partial charge in [0.1, 0.15) is 11.4 Å². The lowest BCUT2D eigenvalue weighted by atomic mass is 10.1. The Hall–Kier alpha value is -3.18. The fraction of sp³-hybridized carbons (Fsp3) is 0.0476. The van der Waals surface area contributed by atoms with E-state index in [0.717, 1.165) is 0 Å². The molecule has 0 saturated carbocycles. The topological polar surface area (TPSA) is 44.0 Å². The second-order valence-corrected chi connectivity index (χ2v) is 6.90. The number of benzene rings is 2. The number of pyridine rings is 1. The standard InChI is InChI=1S/C21H12ClFN2O2/c22-13-7-8-14-17(10-13)25(11-12-4-1-2-5-15(12)23)19-16-6-3-9-24(16)21(27)18(19)20(14)26/h1-10H,11H2. The van der Waals surface area contributed by atoms with Crippen LogP contribution in [-0.2, 0) is 6.54 Å². The zero-order chi connectivity index (χ0) is 18.7. The van der Waals surface area contributed by atoms with Crippen molar-refractivity contribution in [1.29, 1.82) is 0 Å². The van der Waals surface area contributed by atoms with Crippen LogP contribution in [0.15, 0.2) is 65.6 Å². The molecule has 4 nitrogen and oxygen atoms in total. The third kappa shape index (κ3) is 2.22. The molecule has 132 valence electrons. The van der Waals surface area contributed by atoms with Crippen LogP contribution in [0.3, 0.4) is 0 Å². The van der Waals surface area contributed by atoms with Gasteiger partial charge in [0, 0.05) is 22.2 Å². The first-order valence-corrected chi connectivity index (χ1v) is 8.76. The van der Waals surface area contributed by atoms with Gasteiger partial charge in [0.05, 0.1) is 23.4 Å². The molecule has 5 rings (SSSR count). The fourth-order valence-corrected chi connectivity index (χ4v) is 3.88. The SMILES string of the molecule is O=C1c2c(n(Cc3ccccc3F)c3cc(Cl)ccc3c2=O)-c2cccn21. The number of carbonyl (C=O) groups is 1. The molecule has 0 fully saturated rings. The molecule has 0 radical (unpaired) electrons. The Morgan fingerprint density at radius 3 is 2.63 bits per heavy atom. The van der Waals surface area contributed by atoms with E-state index in [1.54, 1.807) is 59.3 Å². The normalized spacial score (nSPS) is 12.4. The predicted octanol–water partition coefficient (Wildman–Crippen LogP) is 4.31. The van der Waals surface area contributed by atoms with Crippen LogP contribution in [0.4, 0.5) is 4.39 Å². The van der Waals surface area contributed by atoms with Crippen LogP contribution in [0.25, 0.3) is 22.3 Å². The van der Waals surface area contributed by atoms with Gasteiger partial charge in [0.25, 0.3) is 5.91 Å². The van der Waals surface area contributed by atoms with Crippen LogP contribution in [0, 0.1) is 5.82 Å². The number of hydrogen-bond acceptors (Lipinski definition) is 2. The largest absolute Gasteiger partial charge is 0.334 e. The van der Waals surface area contributed by atoms with Crippen LogP contribution < -0.4 is 5.43 Å². The van der Waals surface area contributed by atoms with Gasteiger partial charge in [-0.25, -0.2) is 4.39 Å². The van der Waals surface area contributed by atoms with Crippen LogP contribution in [0.2, 0.25) is 5.02 Å². The Morgan fingerprint density at radius 1 is 1.00 bits per heavy atom. The lowest BCUT2D eigenvalue weighted by molar-refractivity contribution is 0.0968. The van der Waals surface area contributed by atoms with Crippen molar-refractivity contribution in [2.24, 2.45) is 0 Å². The number of aromatic nitrogens is 2. The molecule has 2 aromatic carbocycles. The predicted molar refractivity (Wildman–Crippen MR) is 102 cm³/mol. The Bertz CT molecular complexity index is 1320. The second-order valence-electron chi connectivity index (χ2n) is 6.46. The summed E-state index contributed by atoms with van der Waals surface area (Å²) >= 11 is 6.17. The summed E-state index contributed by atoms with van der Waals surface area (Å²) in [5, 5.41) is 0.845. The van der Waals surface area contributed by atoms with Gasteiger partial charge in [0.15, 0.2) is 0 Å². The van der Waals surface area contributed by atoms with E-state index in [1.165, 1.54) is 10.6 Å². The molecule has 2 aromatic heterocycles. The van der Waals surface area contributed by atoms with E-state index in [2.05, 4.69) is 0 Å². The van der Waals surface area contributed by atoms with Crippen molar-refractivity contribution in [2.45, 2.75) is 6.54 Å². The van der Waals surface area contributed by atoms with Crippen molar-refractivity contribution in [2.75, 3.05) is 0 Å². The van der Waals surface area contributed by atoms with Gasteiger partial charge in [-0.1, -0.05) is 29.8 Å². The number of hydrogen-bond donors (Lipinski definition) is 0. The molecule has 1 aliphatic rings. The van der Waals surface area contributed by atoms with Gasteiger partial charge >= 0.3 is 0 Å². The van der Waals surface area contributed by atoms with Crippen LogP contribution in [0.1, 0.15) is 15.9 Å². The lowest BCUT2D eigenvalue weighted by Gasteiger charge is -2.17. The van der Waals surface area contributed by atoms with Gasteiger partial charge in [-0.15, -0.1) is 0 Å². The Labute approximate surface area is 158 Å². The number of halogens is 2. The number of carbonyl (C=O) groups excluding carboxylic acids is 1. The quantitative estimate of drug-likeness (QED) is 0.459. The molecule has 0 atom stereocenters. The minimum atomic E-state index is -0.367. The molecule has 1 aliphatic heterocycles. The van der Waals surface area contributed by atoms with E-state index in [1.807, 2.05) is 0 Å². The minimum Gasteiger partial charge on any atom is -0.334 e. The van der Waals surface area contributed by atoms with Gasteiger partial charge in [-0.05, 0) is 36.4 Å². The zero-order valence-electron chi connectivity index (χ0n) is 13.9. The third-order valence-corrected chi connectivity index (χ3v) is 5.17. The molecule has 27 heavy (non-hydrogen) atoms. The summed E-state index contributed by atoms with van der Waals surface area (Å²) in [5.41, 5.74) is 1.91. The average Bonchev–Trinajstić information content (AvgIpc) is 3.23. The van der Waals surface area contributed by atoms with Crippen molar-refractivity contribution in [3.05, 3.63) is 93.0 Å². The Kier molecular flexibility index (Phi) is 3.36. The van der Waals surface area contributed by atoms with Crippen molar-refractivity contribution >= 4 is 28.4 Å².